The highest BCUT2D eigenvalue weighted by atomic mass is 16.5. The smallest absolute Gasteiger partial charge is 0.0925 e. The van der Waals surface area contributed by atoms with Gasteiger partial charge < -0.3 is 20.1 Å². The van der Waals surface area contributed by atoms with Crippen molar-refractivity contribution in [1.29, 1.82) is 0 Å². The van der Waals surface area contributed by atoms with Crippen LogP contribution >= 0.6 is 0 Å². The maximum absolute atomic E-state index is 10.3. The van der Waals surface area contributed by atoms with E-state index in [2.05, 4.69) is 13.8 Å². The molecule has 0 rings (SSSR count). The fourth-order valence-electron chi connectivity index (χ4n) is 3.08. The van der Waals surface area contributed by atoms with Crippen LogP contribution in [0.1, 0.15) is 78.6 Å². The van der Waals surface area contributed by atoms with Gasteiger partial charge in [0, 0.05) is 19.6 Å². The van der Waals surface area contributed by atoms with Crippen molar-refractivity contribution in [2.45, 2.75) is 96.9 Å². The van der Waals surface area contributed by atoms with Crippen LogP contribution in [0.25, 0.3) is 0 Å². The summed E-state index contributed by atoms with van der Waals surface area (Å²) in [7, 11) is 0. The molecule has 0 fully saturated rings. The first-order valence-electron chi connectivity index (χ1n) is 10.4. The predicted octanol–water partition coefficient (Wildman–Crippen LogP) is 2.96. The summed E-state index contributed by atoms with van der Waals surface area (Å²) in [6, 6.07) is 0. The molecule has 5 heteroatoms. The summed E-state index contributed by atoms with van der Waals surface area (Å²) in [5, 5.41) is 28.4. The first kappa shape index (κ1) is 24.8. The van der Waals surface area contributed by atoms with Crippen LogP contribution in [0.4, 0.5) is 0 Å². The minimum absolute atomic E-state index is 0.0256. The third kappa shape index (κ3) is 13.6. The number of aliphatic hydroxyl groups is 3. The van der Waals surface area contributed by atoms with Crippen molar-refractivity contribution >= 4 is 0 Å². The molecule has 0 aromatic rings. The molecule has 0 aliphatic heterocycles. The van der Waals surface area contributed by atoms with E-state index in [1.807, 2.05) is 11.8 Å². The Morgan fingerprint density at radius 2 is 1.44 bits per heavy atom. The molecule has 5 nitrogen and oxygen atoms in total. The maximum Gasteiger partial charge on any atom is 0.0925 e. The summed E-state index contributed by atoms with van der Waals surface area (Å²) in [5.41, 5.74) is 0. The minimum Gasteiger partial charge on any atom is -0.395 e. The van der Waals surface area contributed by atoms with E-state index in [0.29, 0.717) is 19.6 Å². The van der Waals surface area contributed by atoms with Gasteiger partial charge >= 0.3 is 0 Å². The quantitative estimate of drug-likeness (QED) is 0.327. The third-order valence-corrected chi connectivity index (χ3v) is 4.81. The van der Waals surface area contributed by atoms with E-state index in [9.17, 15) is 5.11 Å². The molecule has 0 aromatic heterocycles. The number of nitrogens with zero attached hydrogens (tertiary/aromatic N) is 1. The Hall–Kier alpha value is -0.200. The number of rotatable bonds is 18. The highest BCUT2D eigenvalue weighted by Gasteiger charge is 2.21. The molecule has 152 valence electrons. The average Bonchev–Trinajstić information content (AvgIpc) is 2.60. The molecule has 0 heterocycles. The summed E-state index contributed by atoms with van der Waals surface area (Å²) in [4.78, 5) is 1.86. The first-order valence-corrected chi connectivity index (χ1v) is 10.4. The minimum atomic E-state index is -0.610. The summed E-state index contributed by atoms with van der Waals surface area (Å²) in [5.74, 6) is 0. The van der Waals surface area contributed by atoms with Gasteiger partial charge in [0.1, 0.15) is 0 Å². The Labute approximate surface area is 155 Å². The second-order valence-corrected chi connectivity index (χ2v) is 7.10. The molecule has 3 atom stereocenters. The highest BCUT2D eigenvalue weighted by Crippen LogP contribution is 2.16. The summed E-state index contributed by atoms with van der Waals surface area (Å²) >= 11 is 0. The van der Waals surface area contributed by atoms with Gasteiger partial charge in [-0.25, -0.2) is 0 Å². The van der Waals surface area contributed by atoms with Crippen molar-refractivity contribution in [3.8, 4) is 0 Å². The highest BCUT2D eigenvalue weighted by molar-refractivity contribution is 4.72. The van der Waals surface area contributed by atoms with Crippen molar-refractivity contribution in [3.63, 3.8) is 0 Å². The van der Waals surface area contributed by atoms with Gasteiger partial charge in [-0.1, -0.05) is 58.8 Å². The van der Waals surface area contributed by atoms with Crippen molar-refractivity contribution in [2.24, 2.45) is 0 Å². The lowest BCUT2D eigenvalue weighted by Crippen LogP contribution is -2.42. The van der Waals surface area contributed by atoms with Crippen LogP contribution < -0.4 is 0 Å². The lowest BCUT2D eigenvalue weighted by atomic mass is 10.0. The fraction of sp³-hybridized carbons (Fsp3) is 1.00. The SMILES string of the molecule is CCCCCCCCCC(CC)OC(C)C(O)CN(CCO)CCO. The molecule has 3 unspecified atom stereocenters. The second kappa shape index (κ2) is 17.2. The summed E-state index contributed by atoms with van der Waals surface area (Å²) in [6.07, 6.45) is 10.5. The molecule has 0 spiro atoms. The van der Waals surface area contributed by atoms with E-state index in [0.717, 1.165) is 12.8 Å². The molecule has 0 saturated heterocycles. The molecule has 3 N–H and O–H groups in total. The van der Waals surface area contributed by atoms with Crippen LogP contribution in [0.15, 0.2) is 0 Å². The monoisotopic (exact) mass is 361 g/mol. The molecule has 0 aromatic carbocycles. The van der Waals surface area contributed by atoms with E-state index in [1.54, 1.807) is 0 Å². The lowest BCUT2D eigenvalue weighted by Gasteiger charge is -2.29. The largest absolute Gasteiger partial charge is 0.395 e. The van der Waals surface area contributed by atoms with E-state index < -0.39 is 6.10 Å². The van der Waals surface area contributed by atoms with Gasteiger partial charge in [-0.15, -0.1) is 0 Å². The second-order valence-electron chi connectivity index (χ2n) is 7.10. The van der Waals surface area contributed by atoms with Crippen LogP contribution in [-0.4, -0.2) is 71.4 Å². The van der Waals surface area contributed by atoms with Gasteiger partial charge in [-0.05, 0) is 19.8 Å². The van der Waals surface area contributed by atoms with Crippen molar-refractivity contribution in [3.05, 3.63) is 0 Å². The lowest BCUT2D eigenvalue weighted by molar-refractivity contribution is -0.0807. The van der Waals surface area contributed by atoms with Gasteiger partial charge in [-0.2, -0.15) is 0 Å². The molecule has 0 aliphatic rings. The van der Waals surface area contributed by atoms with E-state index in [4.69, 9.17) is 14.9 Å². The zero-order valence-corrected chi connectivity index (χ0v) is 16.8. The number of aliphatic hydroxyl groups excluding tert-OH is 3. The summed E-state index contributed by atoms with van der Waals surface area (Å²) < 4.78 is 6.06. The van der Waals surface area contributed by atoms with Crippen LogP contribution in [0.5, 0.6) is 0 Å². The van der Waals surface area contributed by atoms with E-state index in [-0.39, 0.29) is 25.4 Å². The molecular weight excluding hydrogens is 318 g/mol. The maximum atomic E-state index is 10.3. The predicted molar refractivity (Wildman–Crippen MR) is 104 cm³/mol. The topological polar surface area (TPSA) is 73.2 Å². The molecule has 0 bridgehead atoms. The Balaban J connectivity index is 4.01. The zero-order valence-electron chi connectivity index (χ0n) is 16.8. The van der Waals surface area contributed by atoms with Crippen LogP contribution in [0.3, 0.4) is 0 Å². The third-order valence-electron chi connectivity index (χ3n) is 4.81. The van der Waals surface area contributed by atoms with Crippen molar-refractivity contribution < 1.29 is 20.1 Å². The fourth-order valence-corrected chi connectivity index (χ4v) is 3.08. The van der Waals surface area contributed by atoms with Crippen molar-refractivity contribution in [2.75, 3.05) is 32.8 Å². The molecule has 25 heavy (non-hydrogen) atoms. The van der Waals surface area contributed by atoms with Gasteiger partial charge in [0.15, 0.2) is 0 Å². The van der Waals surface area contributed by atoms with Crippen LogP contribution in [0, 0.1) is 0 Å². The number of unbranched alkanes of at least 4 members (excludes halogenated alkanes) is 6. The Kier molecular flexibility index (Phi) is 17.1. The molecular formula is C20H43NO4. The van der Waals surface area contributed by atoms with E-state index >= 15 is 0 Å². The van der Waals surface area contributed by atoms with Gasteiger partial charge in [0.05, 0.1) is 31.5 Å². The van der Waals surface area contributed by atoms with Crippen molar-refractivity contribution in [1.82, 2.24) is 4.90 Å². The Bertz CT molecular complexity index is 272. The van der Waals surface area contributed by atoms with Gasteiger partial charge in [0.25, 0.3) is 0 Å². The molecule has 0 aliphatic carbocycles. The normalized spacial score (nSPS) is 15.5. The first-order chi connectivity index (χ1) is 12.1. The standard InChI is InChI=1S/C20H43NO4/c1-4-6-7-8-9-10-11-12-19(5-2)25-18(3)20(24)17-21(13-15-22)14-16-23/h18-20,22-24H,4-17H2,1-3H3. The van der Waals surface area contributed by atoms with Gasteiger partial charge in [0.2, 0.25) is 0 Å². The number of ether oxygens (including phenoxy) is 1. The summed E-state index contributed by atoms with van der Waals surface area (Å²) in [6.45, 7) is 7.67. The Morgan fingerprint density at radius 1 is 0.880 bits per heavy atom. The number of hydrogen-bond donors (Lipinski definition) is 3. The van der Waals surface area contributed by atoms with Crippen LogP contribution in [-0.2, 0) is 4.74 Å². The zero-order chi connectivity index (χ0) is 18.9. The molecule has 0 radical (unpaired) electrons. The van der Waals surface area contributed by atoms with Gasteiger partial charge in [-0.3, -0.25) is 4.90 Å². The van der Waals surface area contributed by atoms with Crippen LogP contribution in [0.2, 0.25) is 0 Å². The Morgan fingerprint density at radius 3 is 1.96 bits per heavy atom. The molecule has 0 saturated carbocycles. The average molecular weight is 362 g/mol. The van der Waals surface area contributed by atoms with E-state index in [1.165, 1.54) is 44.9 Å². The molecule has 0 amide bonds. The number of hydrogen-bond acceptors (Lipinski definition) is 5.